The summed E-state index contributed by atoms with van der Waals surface area (Å²) in [6.45, 7) is 0. The molecule has 9 aromatic carbocycles. The van der Waals surface area contributed by atoms with E-state index in [0.717, 1.165) is 39.7 Å². The molecule has 3 heterocycles. The highest BCUT2D eigenvalue weighted by Gasteiger charge is 2.31. The lowest BCUT2D eigenvalue weighted by Crippen LogP contribution is -2.15. The molecular formula is C52H33N3S2. The smallest absolute Gasteiger partial charge is 0.0622 e. The minimum absolute atomic E-state index is 1.08. The van der Waals surface area contributed by atoms with Gasteiger partial charge < -0.3 is 15.1 Å². The van der Waals surface area contributed by atoms with Crippen molar-refractivity contribution in [3.8, 4) is 22.3 Å². The highest BCUT2D eigenvalue weighted by atomic mass is 32.2. The third-order valence-corrected chi connectivity index (χ3v) is 13.7. The van der Waals surface area contributed by atoms with E-state index in [1.165, 1.54) is 68.8 Å². The van der Waals surface area contributed by atoms with Gasteiger partial charge in [-0.25, -0.2) is 0 Å². The molecule has 10 aromatic rings. The standard InChI is InChI=1S/C52H33N3S2/c1-3-12-36(13-4-1)54(38-25-21-33(22-26-38)35-24-30-49-43(31-35)40-16-7-8-20-48(40)56-49)39-27-28-44-42(32-39)41-17-9-11-34-23-29-47-52(50(34)41)57-51-45(53-44)18-10-19-46(51)55(47)37-14-5-2-6-15-37/h1-32,53H. The summed E-state index contributed by atoms with van der Waals surface area (Å²) in [5, 5.41) is 9.07. The van der Waals surface area contributed by atoms with Crippen molar-refractivity contribution in [2.75, 3.05) is 15.1 Å². The van der Waals surface area contributed by atoms with Crippen LogP contribution in [-0.4, -0.2) is 0 Å². The molecule has 0 saturated carbocycles. The fraction of sp³-hybridized carbons (Fsp3) is 0. The van der Waals surface area contributed by atoms with Gasteiger partial charge in [-0.3, -0.25) is 0 Å². The van der Waals surface area contributed by atoms with Gasteiger partial charge in [-0.1, -0.05) is 115 Å². The first-order valence-electron chi connectivity index (χ1n) is 19.3. The van der Waals surface area contributed by atoms with E-state index in [-0.39, 0.29) is 0 Å². The highest BCUT2D eigenvalue weighted by molar-refractivity contribution is 8.00. The van der Waals surface area contributed by atoms with Crippen LogP contribution >= 0.6 is 23.1 Å². The number of anilines is 8. The lowest BCUT2D eigenvalue weighted by atomic mass is 9.95. The van der Waals surface area contributed by atoms with Gasteiger partial charge in [0, 0.05) is 64.5 Å². The van der Waals surface area contributed by atoms with Crippen LogP contribution in [0.3, 0.4) is 0 Å². The van der Waals surface area contributed by atoms with Crippen LogP contribution in [0.15, 0.2) is 204 Å². The van der Waals surface area contributed by atoms with E-state index in [0.29, 0.717) is 0 Å². The Bertz CT molecular complexity index is 3190. The molecule has 0 radical (unpaired) electrons. The Morgan fingerprint density at radius 2 is 1.16 bits per heavy atom. The molecule has 0 fully saturated rings. The van der Waals surface area contributed by atoms with Crippen LogP contribution in [0.25, 0.3) is 53.2 Å². The van der Waals surface area contributed by atoms with Crippen molar-refractivity contribution in [2.24, 2.45) is 0 Å². The first kappa shape index (κ1) is 32.5. The number of benzene rings is 9. The average Bonchev–Trinajstić information content (AvgIpc) is 3.67. The van der Waals surface area contributed by atoms with Crippen molar-refractivity contribution in [2.45, 2.75) is 9.79 Å². The Kier molecular flexibility index (Phi) is 7.34. The van der Waals surface area contributed by atoms with Crippen LogP contribution < -0.4 is 15.1 Å². The van der Waals surface area contributed by atoms with E-state index in [2.05, 4.69) is 209 Å². The Morgan fingerprint density at radius 1 is 0.439 bits per heavy atom. The van der Waals surface area contributed by atoms with Gasteiger partial charge in [-0.15, -0.1) is 11.3 Å². The van der Waals surface area contributed by atoms with Gasteiger partial charge in [0.1, 0.15) is 0 Å². The minimum Gasteiger partial charge on any atom is -0.354 e. The van der Waals surface area contributed by atoms with Gasteiger partial charge in [0.25, 0.3) is 0 Å². The minimum atomic E-state index is 1.08. The van der Waals surface area contributed by atoms with Gasteiger partial charge >= 0.3 is 0 Å². The van der Waals surface area contributed by atoms with Gasteiger partial charge in [0.2, 0.25) is 0 Å². The maximum atomic E-state index is 3.93. The number of hydrogen-bond acceptors (Lipinski definition) is 5. The molecule has 0 unspecified atom stereocenters. The summed E-state index contributed by atoms with van der Waals surface area (Å²) in [7, 11) is 0. The normalized spacial score (nSPS) is 12.6. The van der Waals surface area contributed by atoms with E-state index in [1.807, 2.05) is 23.1 Å². The van der Waals surface area contributed by atoms with Gasteiger partial charge in [-0.05, 0) is 113 Å². The number of thiophene rings is 1. The Hall–Kier alpha value is -6.79. The van der Waals surface area contributed by atoms with Crippen LogP contribution in [0, 0.1) is 0 Å². The second-order valence-corrected chi connectivity index (χ2v) is 16.7. The Labute approximate surface area is 339 Å². The molecule has 5 heteroatoms. The van der Waals surface area contributed by atoms with E-state index in [4.69, 9.17) is 0 Å². The molecule has 2 bridgehead atoms. The molecule has 0 atom stereocenters. The van der Waals surface area contributed by atoms with Crippen molar-refractivity contribution in [3.05, 3.63) is 194 Å². The number of nitrogens with zero attached hydrogens (tertiary/aromatic N) is 2. The summed E-state index contributed by atoms with van der Waals surface area (Å²) < 4.78 is 2.65. The molecule has 1 aromatic heterocycles. The quantitative estimate of drug-likeness (QED) is 0.188. The van der Waals surface area contributed by atoms with Crippen LogP contribution in [0.5, 0.6) is 0 Å². The Balaban J connectivity index is 1.02. The number of fused-ring (bicyclic) bond motifs is 5. The zero-order chi connectivity index (χ0) is 37.5. The van der Waals surface area contributed by atoms with E-state index < -0.39 is 0 Å². The average molecular weight is 764 g/mol. The van der Waals surface area contributed by atoms with Crippen molar-refractivity contribution >= 4 is 99.5 Å². The molecule has 0 spiro atoms. The molecule has 2 aliphatic rings. The van der Waals surface area contributed by atoms with Crippen molar-refractivity contribution in [1.82, 2.24) is 0 Å². The molecule has 0 amide bonds. The molecule has 3 nitrogen and oxygen atoms in total. The van der Waals surface area contributed by atoms with Crippen LogP contribution in [-0.2, 0) is 0 Å². The maximum absolute atomic E-state index is 3.93. The third kappa shape index (κ3) is 5.20. The molecule has 2 aliphatic heterocycles. The summed E-state index contributed by atoms with van der Waals surface area (Å²) >= 11 is 3.74. The summed E-state index contributed by atoms with van der Waals surface area (Å²) in [4.78, 5) is 7.30. The SMILES string of the molecule is c1ccc(N(c2ccc(-c3ccc4sc5ccccc5c4c3)cc2)c2ccc3c(c2)-c2cccc4ccc5c(c24)Sc2c(cccc2N5c2ccccc2)N3)cc1. The lowest BCUT2D eigenvalue weighted by Gasteiger charge is -2.34. The van der Waals surface area contributed by atoms with Gasteiger partial charge in [0.15, 0.2) is 0 Å². The first-order chi connectivity index (χ1) is 28.2. The highest BCUT2D eigenvalue weighted by Crippen LogP contribution is 2.58. The van der Waals surface area contributed by atoms with E-state index >= 15 is 0 Å². The number of nitrogens with one attached hydrogen (secondary N) is 1. The largest absolute Gasteiger partial charge is 0.354 e. The van der Waals surface area contributed by atoms with E-state index in [9.17, 15) is 0 Å². The summed E-state index contributed by atoms with van der Waals surface area (Å²) in [6, 6.07) is 70.9. The zero-order valence-corrected chi connectivity index (χ0v) is 32.3. The predicted molar refractivity (Wildman–Crippen MR) is 244 cm³/mol. The molecule has 0 saturated heterocycles. The first-order valence-corrected chi connectivity index (χ1v) is 20.9. The van der Waals surface area contributed by atoms with Crippen LogP contribution in [0.2, 0.25) is 0 Å². The maximum Gasteiger partial charge on any atom is 0.0622 e. The summed E-state index contributed by atoms with van der Waals surface area (Å²) in [5.41, 5.74) is 13.8. The van der Waals surface area contributed by atoms with Gasteiger partial charge in [0.05, 0.1) is 22.0 Å². The fourth-order valence-corrected chi connectivity index (χ4v) is 11.1. The molecule has 0 aliphatic carbocycles. The van der Waals surface area contributed by atoms with Crippen LogP contribution in [0.4, 0.5) is 45.5 Å². The van der Waals surface area contributed by atoms with E-state index in [1.54, 1.807) is 0 Å². The number of para-hydroxylation sites is 2. The molecule has 268 valence electrons. The van der Waals surface area contributed by atoms with Crippen LogP contribution in [0.1, 0.15) is 0 Å². The van der Waals surface area contributed by atoms with Crippen molar-refractivity contribution in [1.29, 1.82) is 0 Å². The topological polar surface area (TPSA) is 18.5 Å². The van der Waals surface area contributed by atoms with Crippen molar-refractivity contribution in [3.63, 3.8) is 0 Å². The Morgan fingerprint density at radius 3 is 2.04 bits per heavy atom. The fourth-order valence-electron chi connectivity index (χ4n) is 8.71. The molecule has 57 heavy (non-hydrogen) atoms. The molecule has 12 rings (SSSR count). The second-order valence-electron chi connectivity index (χ2n) is 14.6. The zero-order valence-electron chi connectivity index (χ0n) is 30.7. The number of rotatable bonds is 5. The monoisotopic (exact) mass is 763 g/mol. The second kappa shape index (κ2) is 12.9. The molecular weight excluding hydrogens is 731 g/mol. The third-order valence-electron chi connectivity index (χ3n) is 11.3. The predicted octanol–water partition coefficient (Wildman–Crippen LogP) is 16.0. The molecule has 1 N–H and O–H groups in total. The van der Waals surface area contributed by atoms with Crippen molar-refractivity contribution < 1.29 is 0 Å². The number of hydrogen-bond donors (Lipinski definition) is 1. The lowest BCUT2D eigenvalue weighted by molar-refractivity contribution is 1.18. The summed E-state index contributed by atoms with van der Waals surface area (Å²) in [6.07, 6.45) is 0. The summed E-state index contributed by atoms with van der Waals surface area (Å²) in [5.74, 6) is 0. The van der Waals surface area contributed by atoms with Gasteiger partial charge in [-0.2, -0.15) is 0 Å².